The second kappa shape index (κ2) is 15.5. The van der Waals surface area contributed by atoms with Gasteiger partial charge in [0.2, 0.25) is 23.5 Å². The third-order valence-corrected chi connectivity index (χ3v) is 7.99. The molecule has 1 heterocycles. The molecule has 3 amide bonds. The summed E-state index contributed by atoms with van der Waals surface area (Å²) in [6, 6.07) is 18.4. The van der Waals surface area contributed by atoms with Gasteiger partial charge in [-0.2, -0.15) is 0 Å². The molecule has 1 atom stereocenters. The number of piperazine rings is 1. The van der Waals surface area contributed by atoms with Gasteiger partial charge in [0.1, 0.15) is 19.1 Å². The average Bonchev–Trinajstić information content (AvgIpc) is 3.03. The number of nitrogens with zero attached hydrogens (tertiary/aromatic N) is 2. The van der Waals surface area contributed by atoms with Gasteiger partial charge < -0.3 is 29.3 Å². The first-order chi connectivity index (χ1) is 21.3. The van der Waals surface area contributed by atoms with Crippen LogP contribution in [0.4, 0.5) is 0 Å². The maximum absolute atomic E-state index is 13.7. The van der Waals surface area contributed by atoms with Crippen LogP contribution in [0, 0.1) is 0 Å². The summed E-state index contributed by atoms with van der Waals surface area (Å²) in [5, 5.41) is 3.52. The van der Waals surface area contributed by atoms with Crippen LogP contribution in [0.2, 0.25) is 5.02 Å². The lowest BCUT2D eigenvalue weighted by Gasteiger charge is -2.40. The minimum atomic E-state index is -0.684. The van der Waals surface area contributed by atoms with Crippen LogP contribution in [-0.2, 0) is 27.2 Å². The Morgan fingerprint density at radius 1 is 0.909 bits per heavy atom. The molecule has 3 aromatic rings. The Balaban J connectivity index is 1.46. The molecule has 10 heteroatoms. The molecule has 1 fully saturated rings. The highest BCUT2D eigenvalue weighted by Crippen LogP contribution is 2.41. The number of carbonyl (C=O) groups excluding carboxylic acids is 3. The van der Waals surface area contributed by atoms with Gasteiger partial charge in [-0.1, -0.05) is 61.3 Å². The molecule has 4 rings (SSSR count). The molecule has 0 aromatic heterocycles. The summed E-state index contributed by atoms with van der Waals surface area (Å²) in [7, 11) is 4.71. The number of hydrogen-bond donors (Lipinski definition) is 1. The zero-order valence-electron chi connectivity index (χ0n) is 25.7. The third-order valence-electron chi connectivity index (χ3n) is 7.74. The molecule has 0 bridgehead atoms. The molecule has 0 aliphatic carbocycles. The quantitative estimate of drug-likeness (QED) is 0.278. The predicted molar refractivity (Wildman–Crippen MR) is 170 cm³/mol. The van der Waals surface area contributed by atoms with Crippen molar-refractivity contribution in [2.75, 3.05) is 47.5 Å². The average molecular weight is 622 g/mol. The number of carbonyl (C=O) groups is 3. The van der Waals surface area contributed by atoms with Gasteiger partial charge >= 0.3 is 0 Å². The lowest BCUT2D eigenvalue weighted by Crippen LogP contribution is -2.62. The van der Waals surface area contributed by atoms with E-state index >= 15 is 0 Å². The van der Waals surface area contributed by atoms with Crippen LogP contribution in [0.5, 0.6) is 17.2 Å². The Morgan fingerprint density at radius 3 is 2.14 bits per heavy atom. The van der Waals surface area contributed by atoms with E-state index < -0.39 is 6.04 Å². The van der Waals surface area contributed by atoms with Gasteiger partial charge in [0, 0.05) is 24.5 Å². The summed E-state index contributed by atoms with van der Waals surface area (Å²) in [4.78, 5) is 42.7. The molecule has 3 aromatic carbocycles. The van der Waals surface area contributed by atoms with Crippen molar-refractivity contribution in [1.82, 2.24) is 15.1 Å². The largest absolute Gasteiger partial charge is 0.493 e. The van der Waals surface area contributed by atoms with Gasteiger partial charge in [-0.25, -0.2) is 0 Å². The number of unbranched alkanes of at least 4 members (excludes halogenated alkanes) is 1. The molecule has 1 saturated heterocycles. The van der Waals surface area contributed by atoms with E-state index in [0.717, 1.165) is 35.1 Å². The molecule has 9 nitrogen and oxygen atoms in total. The van der Waals surface area contributed by atoms with E-state index in [9.17, 15) is 14.4 Å². The van der Waals surface area contributed by atoms with E-state index in [2.05, 4.69) is 5.32 Å². The van der Waals surface area contributed by atoms with E-state index in [-0.39, 0.29) is 30.8 Å². The van der Waals surface area contributed by atoms with Gasteiger partial charge in [-0.05, 0) is 59.4 Å². The van der Waals surface area contributed by atoms with Crippen LogP contribution >= 0.6 is 11.6 Å². The summed E-state index contributed by atoms with van der Waals surface area (Å²) in [6.45, 7) is 2.69. The number of hydrogen-bond acceptors (Lipinski definition) is 6. The zero-order valence-corrected chi connectivity index (χ0v) is 26.5. The number of rotatable bonds is 14. The maximum atomic E-state index is 13.7. The Labute approximate surface area is 264 Å². The highest BCUT2D eigenvalue weighted by atomic mass is 35.5. The van der Waals surface area contributed by atoms with Crippen molar-refractivity contribution in [3.8, 4) is 28.4 Å². The van der Waals surface area contributed by atoms with Gasteiger partial charge in [0.25, 0.3) is 0 Å². The third kappa shape index (κ3) is 8.02. The first-order valence-corrected chi connectivity index (χ1v) is 15.1. The number of amides is 3. The standard InChI is InChI=1S/C34H40ClN3O6/c1-5-6-17-38-28(18-24-7-11-25(12-8-24)26-19-29(42-2)33(44-4)30(20-26)43-3)34(41)37(22-32(38)40)21-31(39)36-16-15-23-9-13-27(35)14-10-23/h7-14,19-20,28H,5-6,15-18,21-22H2,1-4H3,(H,36,39). The van der Waals surface area contributed by atoms with Crippen LogP contribution in [0.15, 0.2) is 60.7 Å². The molecule has 1 aliphatic rings. The minimum absolute atomic E-state index is 0.107. The lowest BCUT2D eigenvalue weighted by molar-refractivity contribution is -0.157. The van der Waals surface area contributed by atoms with E-state index in [0.29, 0.717) is 48.2 Å². The second-order valence-corrected chi connectivity index (χ2v) is 11.1. The molecule has 44 heavy (non-hydrogen) atoms. The first-order valence-electron chi connectivity index (χ1n) is 14.8. The summed E-state index contributed by atoms with van der Waals surface area (Å²) in [5.41, 5.74) is 3.76. The molecule has 0 saturated carbocycles. The van der Waals surface area contributed by atoms with Crippen molar-refractivity contribution >= 4 is 29.3 Å². The monoisotopic (exact) mass is 621 g/mol. The highest BCUT2D eigenvalue weighted by Gasteiger charge is 2.39. The lowest BCUT2D eigenvalue weighted by atomic mass is 9.97. The van der Waals surface area contributed by atoms with E-state index in [4.69, 9.17) is 25.8 Å². The van der Waals surface area contributed by atoms with Crippen LogP contribution in [-0.4, -0.2) is 81.1 Å². The number of nitrogens with one attached hydrogen (secondary N) is 1. The molecule has 234 valence electrons. The van der Waals surface area contributed by atoms with Gasteiger partial charge in [0.05, 0.1) is 21.3 Å². The smallest absolute Gasteiger partial charge is 0.246 e. The van der Waals surface area contributed by atoms with Crippen molar-refractivity contribution in [1.29, 1.82) is 0 Å². The number of methoxy groups -OCH3 is 3. The van der Waals surface area contributed by atoms with Crippen LogP contribution in [0.3, 0.4) is 0 Å². The summed E-state index contributed by atoms with van der Waals surface area (Å²) in [5.74, 6) is 0.961. The normalized spacial score (nSPS) is 14.9. The van der Waals surface area contributed by atoms with Gasteiger partial charge in [0.15, 0.2) is 11.5 Å². The van der Waals surface area contributed by atoms with E-state index in [1.807, 2.05) is 67.6 Å². The summed E-state index contributed by atoms with van der Waals surface area (Å²) < 4.78 is 16.4. The van der Waals surface area contributed by atoms with Gasteiger partial charge in [-0.15, -0.1) is 0 Å². The summed E-state index contributed by atoms with van der Waals surface area (Å²) >= 11 is 5.94. The minimum Gasteiger partial charge on any atom is -0.493 e. The Hall–Kier alpha value is -4.24. The fraction of sp³-hybridized carbons (Fsp3) is 0.382. The predicted octanol–water partition coefficient (Wildman–Crippen LogP) is 4.77. The Bertz CT molecular complexity index is 1420. The van der Waals surface area contributed by atoms with Crippen LogP contribution < -0.4 is 19.5 Å². The van der Waals surface area contributed by atoms with Crippen molar-refractivity contribution in [2.45, 2.75) is 38.6 Å². The Morgan fingerprint density at radius 2 is 1.55 bits per heavy atom. The van der Waals surface area contributed by atoms with Crippen LogP contribution in [0.25, 0.3) is 11.1 Å². The fourth-order valence-corrected chi connectivity index (χ4v) is 5.45. The molecule has 1 unspecified atom stereocenters. The SMILES string of the molecule is CCCCN1C(=O)CN(CC(=O)NCCc2ccc(Cl)cc2)C(=O)C1Cc1ccc(-c2cc(OC)c(OC)c(OC)c2)cc1. The van der Waals surface area contributed by atoms with Crippen LogP contribution in [0.1, 0.15) is 30.9 Å². The Kier molecular flexibility index (Phi) is 11.5. The topological polar surface area (TPSA) is 97.4 Å². The number of benzene rings is 3. The fourth-order valence-electron chi connectivity index (χ4n) is 5.32. The van der Waals surface area contributed by atoms with E-state index in [1.54, 1.807) is 26.2 Å². The highest BCUT2D eigenvalue weighted by molar-refractivity contribution is 6.30. The van der Waals surface area contributed by atoms with Crippen molar-refractivity contribution < 1.29 is 28.6 Å². The number of ether oxygens (including phenoxy) is 3. The second-order valence-electron chi connectivity index (χ2n) is 10.7. The van der Waals surface area contributed by atoms with E-state index in [1.165, 1.54) is 4.90 Å². The van der Waals surface area contributed by atoms with Crippen molar-refractivity contribution in [3.05, 3.63) is 76.8 Å². The van der Waals surface area contributed by atoms with Gasteiger partial charge in [-0.3, -0.25) is 14.4 Å². The summed E-state index contributed by atoms with van der Waals surface area (Å²) in [6.07, 6.45) is 2.67. The molecule has 0 spiro atoms. The number of halogens is 1. The molecular formula is C34H40ClN3O6. The molecule has 1 N–H and O–H groups in total. The van der Waals surface area contributed by atoms with Crippen molar-refractivity contribution in [2.24, 2.45) is 0 Å². The molecular weight excluding hydrogens is 582 g/mol. The first kappa shape index (κ1) is 32.7. The molecule has 1 aliphatic heterocycles. The van der Waals surface area contributed by atoms with Crippen molar-refractivity contribution in [3.63, 3.8) is 0 Å². The maximum Gasteiger partial charge on any atom is 0.246 e. The molecule has 0 radical (unpaired) electrons. The zero-order chi connectivity index (χ0) is 31.6.